The van der Waals surface area contributed by atoms with E-state index in [1.54, 1.807) is 0 Å². The molecule has 7 heteroatoms. The molecule has 0 spiro atoms. The Kier molecular flexibility index (Phi) is 5.01. The Morgan fingerprint density at radius 3 is 2.70 bits per heavy atom. The summed E-state index contributed by atoms with van der Waals surface area (Å²) < 4.78 is 26.8. The molecule has 1 saturated carbocycles. The van der Waals surface area contributed by atoms with E-state index < -0.39 is 10.0 Å². The number of hydrogen-bond donors (Lipinski definition) is 2. The van der Waals surface area contributed by atoms with Crippen LogP contribution >= 0.6 is 23.8 Å². The molecule has 0 heterocycles. The van der Waals surface area contributed by atoms with Crippen molar-refractivity contribution in [3.8, 4) is 0 Å². The first-order chi connectivity index (χ1) is 9.40. The predicted molar refractivity (Wildman–Crippen MR) is 84.5 cm³/mol. The zero-order valence-electron chi connectivity index (χ0n) is 10.9. The van der Waals surface area contributed by atoms with Crippen LogP contribution in [0.3, 0.4) is 0 Å². The fourth-order valence-corrected chi connectivity index (χ4v) is 3.63. The molecule has 0 aliphatic heterocycles. The largest absolute Gasteiger partial charge is 0.389 e. The van der Waals surface area contributed by atoms with E-state index in [-0.39, 0.29) is 14.9 Å². The number of halogens is 1. The SMILES string of the molecule is NC(=S)c1ccc(S(=O)(=O)NCCCC2CC2)cc1Cl. The lowest BCUT2D eigenvalue weighted by molar-refractivity contribution is 0.572. The maximum Gasteiger partial charge on any atom is 0.240 e. The summed E-state index contributed by atoms with van der Waals surface area (Å²) in [6.07, 6.45) is 4.51. The molecule has 0 atom stereocenters. The number of rotatable bonds is 7. The molecule has 1 fully saturated rings. The molecular formula is C13H17ClN2O2S2. The van der Waals surface area contributed by atoms with Gasteiger partial charge in [-0.3, -0.25) is 0 Å². The molecule has 3 N–H and O–H groups in total. The molecular weight excluding hydrogens is 316 g/mol. The average Bonchev–Trinajstić information content (AvgIpc) is 3.18. The Bertz CT molecular complexity index is 613. The number of benzene rings is 1. The first kappa shape index (κ1) is 15.7. The smallest absolute Gasteiger partial charge is 0.240 e. The maximum atomic E-state index is 12.1. The van der Waals surface area contributed by atoms with Gasteiger partial charge in [-0.1, -0.05) is 36.7 Å². The normalized spacial score (nSPS) is 15.2. The molecule has 2 rings (SSSR count). The van der Waals surface area contributed by atoms with Crippen molar-refractivity contribution in [2.45, 2.75) is 30.6 Å². The van der Waals surface area contributed by atoms with Crippen LogP contribution in [0.4, 0.5) is 0 Å². The van der Waals surface area contributed by atoms with Crippen molar-refractivity contribution in [2.24, 2.45) is 11.7 Å². The second-order valence-electron chi connectivity index (χ2n) is 4.99. The lowest BCUT2D eigenvalue weighted by atomic mass is 10.2. The average molecular weight is 333 g/mol. The van der Waals surface area contributed by atoms with E-state index in [0.717, 1.165) is 18.8 Å². The zero-order chi connectivity index (χ0) is 14.8. The quantitative estimate of drug-likeness (QED) is 0.594. The van der Waals surface area contributed by atoms with Crippen LogP contribution in [-0.4, -0.2) is 20.0 Å². The summed E-state index contributed by atoms with van der Waals surface area (Å²) in [6, 6.07) is 4.37. The topological polar surface area (TPSA) is 72.2 Å². The molecule has 1 aliphatic carbocycles. The van der Waals surface area contributed by atoms with Gasteiger partial charge in [-0.05, 0) is 37.0 Å². The first-order valence-corrected chi connectivity index (χ1v) is 8.76. The van der Waals surface area contributed by atoms with Crippen LogP contribution in [0.2, 0.25) is 5.02 Å². The number of sulfonamides is 1. The fourth-order valence-electron chi connectivity index (χ4n) is 1.95. The van der Waals surface area contributed by atoms with Crippen molar-refractivity contribution in [3.05, 3.63) is 28.8 Å². The number of thiocarbonyl (C=S) groups is 1. The third kappa shape index (κ3) is 4.15. The van der Waals surface area contributed by atoms with E-state index in [4.69, 9.17) is 29.6 Å². The van der Waals surface area contributed by atoms with Crippen LogP contribution in [0.25, 0.3) is 0 Å². The third-order valence-corrected chi connectivity index (χ3v) is 5.29. The molecule has 0 bridgehead atoms. The predicted octanol–water partition coefficient (Wildman–Crippen LogP) is 2.44. The highest BCUT2D eigenvalue weighted by molar-refractivity contribution is 7.89. The van der Waals surface area contributed by atoms with Gasteiger partial charge < -0.3 is 5.73 Å². The summed E-state index contributed by atoms with van der Waals surface area (Å²) in [6.45, 7) is 0.452. The first-order valence-electron chi connectivity index (χ1n) is 6.49. The Morgan fingerprint density at radius 1 is 1.45 bits per heavy atom. The molecule has 1 aromatic rings. The molecule has 1 aliphatic rings. The summed E-state index contributed by atoms with van der Waals surface area (Å²) in [5.41, 5.74) is 5.97. The van der Waals surface area contributed by atoms with E-state index >= 15 is 0 Å². The number of hydrogen-bond acceptors (Lipinski definition) is 3. The van der Waals surface area contributed by atoms with Gasteiger partial charge in [0.2, 0.25) is 10.0 Å². The molecule has 110 valence electrons. The lowest BCUT2D eigenvalue weighted by Gasteiger charge is -2.08. The van der Waals surface area contributed by atoms with E-state index in [2.05, 4.69) is 4.72 Å². The molecule has 0 unspecified atom stereocenters. The molecule has 1 aromatic carbocycles. The van der Waals surface area contributed by atoms with Crippen LogP contribution in [0, 0.1) is 5.92 Å². The molecule has 0 amide bonds. The van der Waals surface area contributed by atoms with Gasteiger partial charge in [-0.25, -0.2) is 13.1 Å². The Balaban J connectivity index is 2.00. The monoisotopic (exact) mass is 332 g/mol. The second-order valence-corrected chi connectivity index (χ2v) is 7.60. The minimum Gasteiger partial charge on any atom is -0.389 e. The Morgan fingerprint density at radius 2 is 2.15 bits per heavy atom. The van der Waals surface area contributed by atoms with Gasteiger partial charge in [0.05, 0.1) is 9.92 Å². The molecule has 20 heavy (non-hydrogen) atoms. The van der Waals surface area contributed by atoms with Crippen LogP contribution in [-0.2, 0) is 10.0 Å². The van der Waals surface area contributed by atoms with E-state index in [0.29, 0.717) is 12.1 Å². The maximum absolute atomic E-state index is 12.1. The standard InChI is InChI=1S/C13H17ClN2O2S2/c14-12-8-10(5-6-11(12)13(15)19)20(17,18)16-7-1-2-9-3-4-9/h5-6,8-9,16H,1-4,7H2,(H2,15,19). The molecule has 0 radical (unpaired) electrons. The minimum atomic E-state index is -3.52. The van der Waals surface area contributed by atoms with E-state index in [9.17, 15) is 8.42 Å². The van der Waals surface area contributed by atoms with E-state index in [1.165, 1.54) is 31.0 Å². The number of nitrogens with two attached hydrogens (primary N) is 1. The van der Waals surface area contributed by atoms with Crippen LogP contribution < -0.4 is 10.5 Å². The molecule has 0 saturated heterocycles. The fraction of sp³-hybridized carbons (Fsp3) is 0.462. The van der Waals surface area contributed by atoms with Gasteiger partial charge >= 0.3 is 0 Å². The van der Waals surface area contributed by atoms with Gasteiger partial charge in [0, 0.05) is 12.1 Å². The van der Waals surface area contributed by atoms with Crippen molar-refractivity contribution < 1.29 is 8.42 Å². The van der Waals surface area contributed by atoms with Crippen molar-refractivity contribution in [2.75, 3.05) is 6.54 Å². The highest BCUT2D eigenvalue weighted by atomic mass is 35.5. The Labute approximate surface area is 129 Å². The second kappa shape index (κ2) is 6.39. The molecule has 4 nitrogen and oxygen atoms in total. The van der Waals surface area contributed by atoms with Crippen LogP contribution in [0.15, 0.2) is 23.1 Å². The summed E-state index contributed by atoms with van der Waals surface area (Å²) in [7, 11) is -3.52. The van der Waals surface area contributed by atoms with Gasteiger partial charge in [0.25, 0.3) is 0 Å². The number of nitrogens with one attached hydrogen (secondary N) is 1. The van der Waals surface area contributed by atoms with E-state index in [1.807, 2.05) is 0 Å². The van der Waals surface area contributed by atoms with Gasteiger partial charge in [0.15, 0.2) is 0 Å². The molecule has 0 aromatic heterocycles. The van der Waals surface area contributed by atoms with Crippen molar-refractivity contribution in [3.63, 3.8) is 0 Å². The highest BCUT2D eigenvalue weighted by Gasteiger charge is 2.21. The van der Waals surface area contributed by atoms with Gasteiger partial charge in [-0.15, -0.1) is 0 Å². The Hall–Kier alpha value is -0.690. The van der Waals surface area contributed by atoms with Gasteiger partial charge in [-0.2, -0.15) is 0 Å². The van der Waals surface area contributed by atoms with Crippen molar-refractivity contribution in [1.82, 2.24) is 4.72 Å². The summed E-state index contributed by atoms with van der Waals surface area (Å²) >= 11 is 10.8. The van der Waals surface area contributed by atoms with Crippen LogP contribution in [0.5, 0.6) is 0 Å². The lowest BCUT2D eigenvalue weighted by Crippen LogP contribution is -2.25. The summed E-state index contributed by atoms with van der Waals surface area (Å²) in [5.74, 6) is 0.804. The summed E-state index contributed by atoms with van der Waals surface area (Å²) in [5, 5.41) is 0.248. The third-order valence-electron chi connectivity index (χ3n) is 3.29. The van der Waals surface area contributed by atoms with Crippen molar-refractivity contribution >= 4 is 38.8 Å². The highest BCUT2D eigenvalue weighted by Crippen LogP contribution is 2.33. The summed E-state index contributed by atoms with van der Waals surface area (Å²) in [4.78, 5) is 0.283. The zero-order valence-corrected chi connectivity index (χ0v) is 13.3. The van der Waals surface area contributed by atoms with Gasteiger partial charge in [0.1, 0.15) is 4.99 Å². The van der Waals surface area contributed by atoms with Crippen LogP contribution in [0.1, 0.15) is 31.2 Å². The van der Waals surface area contributed by atoms with Crippen molar-refractivity contribution in [1.29, 1.82) is 0 Å². The minimum absolute atomic E-state index is 0.133.